The number of carbonyl (C=O) groups excluding carboxylic acids is 1. The fourth-order valence-corrected chi connectivity index (χ4v) is 0.798. The van der Waals surface area contributed by atoms with Gasteiger partial charge in [0.1, 0.15) is 0 Å². The van der Waals surface area contributed by atoms with Crippen molar-refractivity contribution in [3.05, 3.63) is 12.7 Å². The minimum absolute atomic E-state index is 0.198. The van der Waals surface area contributed by atoms with E-state index in [2.05, 4.69) is 32.7 Å². The molecule has 0 amide bonds. The van der Waals surface area contributed by atoms with Gasteiger partial charge < -0.3 is 10.1 Å². The average Bonchev–Trinajstić information content (AvgIpc) is 2.02. The first-order chi connectivity index (χ1) is 6.45. The maximum absolute atomic E-state index is 11.1. The molecule has 0 bridgehead atoms. The lowest BCUT2D eigenvalue weighted by Crippen LogP contribution is -2.25. The maximum atomic E-state index is 11.1. The van der Waals surface area contributed by atoms with Gasteiger partial charge in [-0.15, -0.1) is 6.58 Å². The van der Waals surface area contributed by atoms with Crippen molar-refractivity contribution in [1.29, 1.82) is 0 Å². The van der Waals surface area contributed by atoms with Crippen LogP contribution >= 0.6 is 0 Å². The monoisotopic (exact) mass is 199 g/mol. The first kappa shape index (κ1) is 13.2. The minimum atomic E-state index is -0.198. The molecule has 1 N–H and O–H groups in total. The van der Waals surface area contributed by atoms with Crippen LogP contribution < -0.4 is 5.32 Å². The molecule has 0 saturated heterocycles. The number of rotatable bonds is 6. The fraction of sp³-hybridized carbons (Fsp3) is 0.727. The lowest BCUT2D eigenvalue weighted by Gasteiger charge is -2.17. The Hall–Kier alpha value is -0.830. The van der Waals surface area contributed by atoms with Crippen molar-refractivity contribution >= 4 is 5.97 Å². The molecule has 0 aliphatic rings. The van der Waals surface area contributed by atoms with Gasteiger partial charge in [0.2, 0.25) is 0 Å². The van der Waals surface area contributed by atoms with Gasteiger partial charge in [0, 0.05) is 6.54 Å². The number of ether oxygens (including phenoxy) is 1. The number of nitrogens with one attached hydrogen (secondary N) is 1. The highest BCUT2D eigenvalue weighted by Crippen LogP contribution is 2.17. The molecule has 0 fully saturated rings. The normalized spacial score (nSPS) is 11.1. The van der Waals surface area contributed by atoms with E-state index in [9.17, 15) is 4.79 Å². The molecular weight excluding hydrogens is 178 g/mol. The first-order valence-electron chi connectivity index (χ1n) is 4.93. The molecule has 0 aromatic carbocycles. The predicted molar refractivity (Wildman–Crippen MR) is 58.1 cm³/mol. The Labute approximate surface area is 86.5 Å². The van der Waals surface area contributed by atoms with Crippen molar-refractivity contribution in [2.75, 3.05) is 19.7 Å². The van der Waals surface area contributed by atoms with Crippen molar-refractivity contribution in [2.24, 2.45) is 5.41 Å². The zero-order valence-electron chi connectivity index (χ0n) is 9.43. The van der Waals surface area contributed by atoms with E-state index in [1.165, 1.54) is 0 Å². The number of esters is 1. The second kappa shape index (κ2) is 6.60. The molecule has 0 aromatic rings. The molecule has 0 heterocycles. The summed E-state index contributed by atoms with van der Waals surface area (Å²) in [4.78, 5) is 11.1. The summed E-state index contributed by atoms with van der Waals surface area (Å²) in [6, 6.07) is 0. The van der Waals surface area contributed by atoms with Gasteiger partial charge in [-0.3, -0.25) is 4.79 Å². The van der Waals surface area contributed by atoms with Crippen LogP contribution in [-0.4, -0.2) is 25.7 Å². The van der Waals surface area contributed by atoms with Crippen molar-refractivity contribution in [3.8, 4) is 0 Å². The summed E-state index contributed by atoms with van der Waals surface area (Å²) in [5.41, 5.74) is 0.217. The molecule has 3 nitrogen and oxygen atoms in total. The van der Waals surface area contributed by atoms with E-state index in [0.717, 1.165) is 6.42 Å². The largest absolute Gasteiger partial charge is 0.465 e. The Kier molecular flexibility index (Phi) is 6.21. The summed E-state index contributed by atoms with van der Waals surface area (Å²) in [7, 11) is 0. The molecule has 0 saturated carbocycles. The van der Waals surface area contributed by atoms with Crippen LogP contribution in [0.5, 0.6) is 0 Å². The van der Waals surface area contributed by atoms with Gasteiger partial charge in [-0.05, 0) is 11.8 Å². The highest BCUT2D eigenvalue weighted by atomic mass is 16.5. The molecular formula is C11H21NO2. The molecule has 0 radical (unpaired) electrons. The van der Waals surface area contributed by atoms with Crippen molar-refractivity contribution in [3.63, 3.8) is 0 Å². The third kappa shape index (κ3) is 9.26. The maximum Gasteiger partial charge on any atom is 0.319 e. The second-order valence-corrected chi connectivity index (χ2v) is 4.45. The summed E-state index contributed by atoms with van der Waals surface area (Å²) in [6.07, 6.45) is 2.60. The lowest BCUT2D eigenvalue weighted by atomic mass is 9.93. The van der Waals surface area contributed by atoms with E-state index in [0.29, 0.717) is 13.2 Å². The summed E-state index contributed by atoms with van der Waals surface area (Å²) >= 11 is 0. The summed E-state index contributed by atoms with van der Waals surface area (Å²) < 4.78 is 5.03. The van der Waals surface area contributed by atoms with Crippen molar-refractivity contribution in [1.82, 2.24) is 5.32 Å². The Morgan fingerprint density at radius 3 is 2.64 bits per heavy atom. The molecule has 0 aliphatic carbocycles. The summed E-state index contributed by atoms with van der Waals surface area (Å²) in [5, 5.41) is 2.89. The molecule has 3 heteroatoms. The van der Waals surface area contributed by atoms with E-state index in [1.807, 2.05) is 0 Å². The average molecular weight is 199 g/mol. The highest BCUT2D eigenvalue weighted by Gasteiger charge is 2.11. The highest BCUT2D eigenvalue weighted by molar-refractivity contribution is 5.71. The predicted octanol–water partition coefficient (Wildman–Crippen LogP) is 1.74. The van der Waals surface area contributed by atoms with E-state index in [4.69, 9.17) is 4.74 Å². The van der Waals surface area contributed by atoms with Crippen LogP contribution in [0.15, 0.2) is 12.7 Å². The van der Waals surface area contributed by atoms with Crippen molar-refractivity contribution < 1.29 is 9.53 Å². The zero-order chi connectivity index (χ0) is 11.0. The summed E-state index contributed by atoms with van der Waals surface area (Å²) in [5.74, 6) is -0.198. The third-order valence-electron chi connectivity index (χ3n) is 1.67. The van der Waals surface area contributed by atoms with Crippen molar-refractivity contribution in [2.45, 2.75) is 27.2 Å². The molecule has 0 spiro atoms. The lowest BCUT2D eigenvalue weighted by molar-refractivity contribution is -0.143. The molecule has 14 heavy (non-hydrogen) atoms. The van der Waals surface area contributed by atoms with Crippen LogP contribution in [0.3, 0.4) is 0 Å². The van der Waals surface area contributed by atoms with Gasteiger partial charge in [-0.25, -0.2) is 0 Å². The number of hydrogen-bond donors (Lipinski definition) is 1. The molecule has 0 aliphatic heterocycles. The van der Waals surface area contributed by atoms with E-state index in [1.54, 1.807) is 6.08 Å². The SMILES string of the molecule is C=CCNCC(=O)OCCC(C)(C)C. The Bertz CT molecular complexity index is 182. The van der Waals surface area contributed by atoms with Gasteiger partial charge in [-0.1, -0.05) is 26.8 Å². The zero-order valence-corrected chi connectivity index (χ0v) is 9.43. The van der Waals surface area contributed by atoms with E-state index in [-0.39, 0.29) is 17.9 Å². The topological polar surface area (TPSA) is 38.3 Å². The Balaban J connectivity index is 3.40. The van der Waals surface area contributed by atoms with Crippen LogP contribution in [0, 0.1) is 5.41 Å². The Morgan fingerprint density at radius 1 is 1.50 bits per heavy atom. The standard InChI is InChI=1S/C11H21NO2/c1-5-7-12-9-10(13)14-8-6-11(2,3)4/h5,12H,1,6-9H2,2-4H3. The fourth-order valence-electron chi connectivity index (χ4n) is 0.798. The Morgan fingerprint density at radius 2 is 2.14 bits per heavy atom. The molecule has 0 unspecified atom stereocenters. The summed E-state index contributed by atoms with van der Waals surface area (Å²) in [6.45, 7) is 11.3. The van der Waals surface area contributed by atoms with Gasteiger partial charge >= 0.3 is 5.97 Å². The van der Waals surface area contributed by atoms with Gasteiger partial charge in [0.15, 0.2) is 0 Å². The number of hydrogen-bond acceptors (Lipinski definition) is 3. The molecule has 0 rings (SSSR count). The van der Waals surface area contributed by atoms with Gasteiger partial charge in [0.05, 0.1) is 13.2 Å². The smallest absolute Gasteiger partial charge is 0.319 e. The van der Waals surface area contributed by atoms with E-state index < -0.39 is 0 Å². The minimum Gasteiger partial charge on any atom is -0.465 e. The number of carbonyl (C=O) groups is 1. The van der Waals surface area contributed by atoms with Crippen LogP contribution in [-0.2, 0) is 9.53 Å². The quantitative estimate of drug-likeness (QED) is 0.402. The van der Waals surface area contributed by atoms with Crippen LogP contribution in [0.1, 0.15) is 27.2 Å². The second-order valence-electron chi connectivity index (χ2n) is 4.45. The van der Waals surface area contributed by atoms with Crippen LogP contribution in [0.25, 0.3) is 0 Å². The van der Waals surface area contributed by atoms with Gasteiger partial charge in [-0.2, -0.15) is 0 Å². The van der Waals surface area contributed by atoms with Gasteiger partial charge in [0.25, 0.3) is 0 Å². The first-order valence-corrected chi connectivity index (χ1v) is 4.93. The molecule has 0 atom stereocenters. The van der Waals surface area contributed by atoms with Crippen LogP contribution in [0.2, 0.25) is 0 Å². The molecule has 82 valence electrons. The third-order valence-corrected chi connectivity index (χ3v) is 1.67. The molecule has 0 aromatic heterocycles. The van der Waals surface area contributed by atoms with E-state index >= 15 is 0 Å². The van der Waals surface area contributed by atoms with Crippen LogP contribution in [0.4, 0.5) is 0 Å².